The topological polar surface area (TPSA) is 88.1 Å². The molecule has 9 heteroatoms. The summed E-state index contributed by atoms with van der Waals surface area (Å²) in [5.41, 5.74) is 2.07. The lowest BCUT2D eigenvalue weighted by molar-refractivity contribution is -0.148. The highest BCUT2D eigenvalue weighted by Gasteiger charge is 2.37. The molecule has 164 valence electrons. The van der Waals surface area contributed by atoms with E-state index in [1.807, 2.05) is 4.90 Å². The van der Waals surface area contributed by atoms with E-state index in [0.29, 0.717) is 18.9 Å². The SMILES string of the molecule is COC(=O)CO[C@H]1CC[C@H](N2CCN(c3cnc4c(n3)CCN(C)CC4)C2=O)CC1. The average Bonchev–Trinajstić information content (AvgIpc) is 3.05. The lowest BCUT2D eigenvalue weighted by Gasteiger charge is -2.34. The zero-order valence-electron chi connectivity index (χ0n) is 17.9. The number of carbonyl (C=O) groups excluding carboxylic acids is 2. The fourth-order valence-corrected chi connectivity index (χ4v) is 4.56. The van der Waals surface area contributed by atoms with E-state index >= 15 is 0 Å². The van der Waals surface area contributed by atoms with Crippen molar-refractivity contribution in [3.63, 3.8) is 0 Å². The number of rotatable bonds is 5. The van der Waals surface area contributed by atoms with E-state index in [9.17, 15) is 9.59 Å². The quantitative estimate of drug-likeness (QED) is 0.666. The van der Waals surface area contributed by atoms with Crippen molar-refractivity contribution in [2.75, 3.05) is 51.8 Å². The molecule has 1 aromatic rings. The van der Waals surface area contributed by atoms with Crippen molar-refractivity contribution >= 4 is 17.8 Å². The minimum atomic E-state index is -0.351. The van der Waals surface area contributed by atoms with Crippen molar-refractivity contribution in [3.8, 4) is 0 Å². The second-order valence-corrected chi connectivity index (χ2v) is 8.37. The van der Waals surface area contributed by atoms with Gasteiger partial charge in [-0.05, 0) is 32.7 Å². The molecule has 2 aliphatic heterocycles. The first-order valence-electron chi connectivity index (χ1n) is 10.8. The molecule has 1 aromatic heterocycles. The van der Waals surface area contributed by atoms with Crippen LogP contribution in [0, 0.1) is 0 Å². The Bertz CT molecular complexity index is 781. The molecule has 30 heavy (non-hydrogen) atoms. The largest absolute Gasteiger partial charge is 0.467 e. The summed E-state index contributed by atoms with van der Waals surface area (Å²) in [5, 5.41) is 0. The summed E-state index contributed by atoms with van der Waals surface area (Å²) >= 11 is 0. The van der Waals surface area contributed by atoms with Gasteiger partial charge in [-0.15, -0.1) is 0 Å². The Morgan fingerprint density at radius 2 is 1.83 bits per heavy atom. The molecule has 0 spiro atoms. The van der Waals surface area contributed by atoms with Gasteiger partial charge in [-0.25, -0.2) is 14.6 Å². The molecule has 0 atom stereocenters. The Morgan fingerprint density at radius 3 is 2.57 bits per heavy atom. The smallest absolute Gasteiger partial charge is 0.331 e. The molecule has 0 aromatic carbocycles. The van der Waals surface area contributed by atoms with Crippen LogP contribution < -0.4 is 4.90 Å². The first-order valence-corrected chi connectivity index (χ1v) is 10.8. The predicted octanol–water partition coefficient (Wildman–Crippen LogP) is 1.25. The fraction of sp³-hybridized carbons (Fsp3) is 0.714. The number of nitrogens with zero attached hydrogens (tertiary/aromatic N) is 5. The summed E-state index contributed by atoms with van der Waals surface area (Å²) in [4.78, 5) is 39.8. The number of ether oxygens (including phenoxy) is 2. The molecular formula is C21H31N5O4. The van der Waals surface area contributed by atoms with E-state index in [4.69, 9.17) is 9.72 Å². The van der Waals surface area contributed by atoms with E-state index in [2.05, 4.69) is 21.7 Å². The highest BCUT2D eigenvalue weighted by atomic mass is 16.6. The van der Waals surface area contributed by atoms with E-state index in [0.717, 1.165) is 63.0 Å². The van der Waals surface area contributed by atoms with Gasteiger partial charge in [-0.1, -0.05) is 0 Å². The highest BCUT2D eigenvalue weighted by Crippen LogP contribution is 2.29. The van der Waals surface area contributed by atoms with Gasteiger partial charge in [0.25, 0.3) is 0 Å². The van der Waals surface area contributed by atoms with Crippen LogP contribution in [0.15, 0.2) is 6.20 Å². The molecule has 2 amide bonds. The molecule has 0 unspecified atom stereocenters. The van der Waals surface area contributed by atoms with Crippen molar-refractivity contribution in [1.82, 2.24) is 19.8 Å². The highest BCUT2D eigenvalue weighted by molar-refractivity contribution is 5.93. The van der Waals surface area contributed by atoms with E-state index in [1.54, 1.807) is 11.1 Å². The number of aromatic nitrogens is 2. The van der Waals surface area contributed by atoms with Gasteiger partial charge in [-0.3, -0.25) is 9.88 Å². The molecular weight excluding hydrogens is 386 g/mol. The molecule has 3 aliphatic rings. The number of fused-ring (bicyclic) bond motifs is 1. The number of methoxy groups -OCH3 is 1. The molecule has 0 bridgehead atoms. The van der Waals surface area contributed by atoms with Crippen molar-refractivity contribution in [1.29, 1.82) is 0 Å². The number of urea groups is 1. The molecule has 4 rings (SSSR count). The van der Waals surface area contributed by atoms with Crippen LogP contribution in [0.5, 0.6) is 0 Å². The summed E-state index contributed by atoms with van der Waals surface area (Å²) in [7, 11) is 3.48. The molecule has 1 saturated carbocycles. The zero-order chi connectivity index (χ0) is 21.1. The van der Waals surface area contributed by atoms with Gasteiger partial charge in [0.15, 0.2) is 5.82 Å². The standard InChI is InChI=1S/C21H31N5O4/c1-24-9-7-17-18(8-10-24)23-19(13-22-17)26-12-11-25(21(26)28)15-3-5-16(6-4-15)30-14-20(27)29-2/h13,15-16H,3-12,14H2,1-2H3/t15-,16-. The number of amides is 2. The molecule has 3 heterocycles. The second kappa shape index (κ2) is 9.26. The van der Waals surface area contributed by atoms with Crippen molar-refractivity contribution in [3.05, 3.63) is 17.6 Å². The van der Waals surface area contributed by atoms with E-state index < -0.39 is 0 Å². The first-order chi connectivity index (χ1) is 14.5. The molecule has 0 N–H and O–H groups in total. The third-order valence-corrected chi connectivity index (χ3v) is 6.45. The Balaban J connectivity index is 1.34. The third-order valence-electron chi connectivity index (χ3n) is 6.45. The molecule has 0 radical (unpaired) electrons. The predicted molar refractivity (Wildman–Crippen MR) is 110 cm³/mol. The zero-order valence-corrected chi connectivity index (χ0v) is 17.9. The minimum Gasteiger partial charge on any atom is -0.467 e. The van der Waals surface area contributed by atoms with Crippen LogP contribution in [0.3, 0.4) is 0 Å². The van der Waals surface area contributed by atoms with Crippen LogP contribution in [-0.2, 0) is 27.1 Å². The molecule has 1 saturated heterocycles. The summed E-state index contributed by atoms with van der Waals surface area (Å²) in [6.45, 7) is 3.30. The van der Waals surface area contributed by atoms with Crippen molar-refractivity contribution in [2.24, 2.45) is 0 Å². The van der Waals surface area contributed by atoms with Gasteiger partial charge in [0.1, 0.15) is 6.61 Å². The number of anilines is 1. The Kier molecular flexibility index (Phi) is 6.48. The number of hydrogen-bond acceptors (Lipinski definition) is 7. The van der Waals surface area contributed by atoms with E-state index in [1.165, 1.54) is 7.11 Å². The number of carbonyl (C=O) groups is 2. The van der Waals surface area contributed by atoms with Crippen LogP contribution in [0.25, 0.3) is 0 Å². The van der Waals surface area contributed by atoms with Gasteiger partial charge in [0.05, 0.1) is 30.8 Å². The van der Waals surface area contributed by atoms with Crippen molar-refractivity contribution < 1.29 is 19.1 Å². The number of likely N-dealkylation sites (N-methyl/N-ethyl adjacent to an activating group) is 1. The van der Waals surface area contributed by atoms with E-state index in [-0.39, 0.29) is 30.8 Å². The Morgan fingerprint density at radius 1 is 1.10 bits per heavy atom. The van der Waals surface area contributed by atoms with Gasteiger partial charge in [-0.2, -0.15) is 0 Å². The van der Waals surface area contributed by atoms with Gasteiger partial charge in [0.2, 0.25) is 0 Å². The Labute approximate surface area is 177 Å². The van der Waals surface area contributed by atoms with Crippen LogP contribution in [0.1, 0.15) is 37.1 Å². The minimum absolute atomic E-state index is 0.00492. The maximum Gasteiger partial charge on any atom is 0.331 e. The van der Waals surface area contributed by atoms with Gasteiger partial charge in [0, 0.05) is 45.1 Å². The summed E-state index contributed by atoms with van der Waals surface area (Å²) in [5.74, 6) is 0.317. The summed E-state index contributed by atoms with van der Waals surface area (Å²) < 4.78 is 10.2. The monoisotopic (exact) mass is 417 g/mol. The summed E-state index contributed by atoms with van der Waals surface area (Å²) in [6, 6.07) is 0.233. The first kappa shape index (κ1) is 21.0. The van der Waals surface area contributed by atoms with Crippen LogP contribution >= 0.6 is 0 Å². The molecule has 1 aliphatic carbocycles. The lowest BCUT2D eigenvalue weighted by atomic mass is 9.92. The number of hydrogen-bond donors (Lipinski definition) is 0. The third kappa shape index (κ3) is 4.57. The maximum absolute atomic E-state index is 13.1. The molecule has 2 fully saturated rings. The van der Waals surface area contributed by atoms with Gasteiger partial charge >= 0.3 is 12.0 Å². The average molecular weight is 418 g/mol. The number of esters is 1. The van der Waals surface area contributed by atoms with Gasteiger partial charge < -0.3 is 19.3 Å². The van der Waals surface area contributed by atoms with Crippen LogP contribution in [0.4, 0.5) is 10.6 Å². The Hall–Kier alpha value is -2.26. The normalized spacial score (nSPS) is 25.2. The fourth-order valence-electron chi connectivity index (χ4n) is 4.56. The lowest BCUT2D eigenvalue weighted by Crippen LogP contribution is -2.42. The molecule has 9 nitrogen and oxygen atoms in total. The summed E-state index contributed by atoms with van der Waals surface area (Å²) in [6.07, 6.45) is 7.04. The van der Waals surface area contributed by atoms with Crippen LogP contribution in [-0.4, -0.2) is 90.9 Å². The van der Waals surface area contributed by atoms with Crippen molar-refractivity contribution in [2.45, 2.75) is 50.7 Å². The second-order valence-electron chi connectivity index (χ2n) is 8.37. The van der Waals surface area contributed by atoms with Crippen LogP contribution in [0.2, 0.25) is 0 Å². The maximum atomic E-state index is 13.1.